The van der Waals surface area contributed by atoms with Gasteiger partial charge in [-0.1, -0.05) is 50.3 Å². The fourth-order valence-corrected chi connectivity index (χ4v) is 3.21. The topological polar surface area (TPSA) is 55.1 Å². The minimum Gasteiger partial charge on any atom is -0.478 e. The Balaban J connectivity index is 1.95. The number of hydrogen-bond acceptors (Lipinski definition) is 2. The molecule has 21 heavy (non-hydrogen) atoms. The molecule has 1 N–H and O–H groups in total. The van der Waals surface area contributed by atoms with Gasteiger partial charge in [0, 0.05) is 0 Å². The van der Waals surface area contributed by atoms with Crippen LogP contribution < -0.4 is 0 Å². The fraction of sp³-hybridized carbons (Fsp3) is 0.412. The molecule has 3 rings (SSSR count). The molecule has 0 radical (unpaired) electrons. The van der Waals surface area contributed by atoms with E-state index in [0.717, 1.165) is 17.8 Å². The lowest BCUT2D eigenvalue weighted by molar-refractivity contribution is 0.0695. The van der Waals surface area contributed by atoms with Gasteiger partial charge < -0.3 is 5.11 Å². The predicted molar refractivity (Wildman–Crippen MR) is 80.8 cm³/mol. The molecule has 1 heterocycles. The molecule has 0 unspecified atom stereocenters. The second kappa shape index (κ2) is 6.12. The number of carbonyl (C=O) groups is 1. The van der Waals surface area contributed by atoms with Crippen LogP contribution in [-0.4, -0.2) is 20.9 Å². The van der Waals surface area contributed by atoms with Gasteiger partial charge in [-0.05, 0) is 24.5 Å². The van der Waals surface area contributed by atoms with E-state index in [-0.39, 0.29) is 0 Å². The first-order chi connectivity index (χ1) is 10.3. The maximum Gasteiger partial charge on any atom is 0.339 e. The predicted octanol–water partition coefficient (Wildman–Crippen LogP) is 3.69. The molecule has 1 fully saturated rings. The quantitative estimate of drug-likeness (QED) is 0.931. The second-order valence-corrected chi connectivity index (χ2v) is 5.77. The van der Waals surface area contributed by atoms with Gasteiger partial charge in [0.2, 0.25) is 0 Å². The molecule has 0 atom stereocenters. The summed E-state index contributed by atoms with van der Waals surface area (Å²) in [5.74, 6) is -0.306. The van der Waals surface area contributed by atoms with Gasteiger partial charge in [-0.15, -0.1) is 0 Å². The molecule has 4 heteroatoms. The van der Waals surface area contributed by atoms with Gasteiger partial charge in [0.25, 0.3) is 0 Å². The van der Waals surface area contributed by atoms with Crippen LogP contribution in [0.3, 0.4) is 0 Å². The number of carboxylic acid groups (broad SMARTS) is 1. The van der Waals surface area contributed by atoms with E-state index in [1.54, 1.807) is 4.68 Å². The first-order valence-corrected chi connectivity index (χ1v) is 7.61. The summed E-state index contributed by atoms with van der Waals surface area (Å²) >= 11 is 0. The molecule has 0 aliphatic heterocycles. The van der Waals surface area contributed by atoms with Crippen LogP contribution in [0.25, 0.3) is 5.69 Å². The smallest absolute Gasteiger partial charge is 0.339 e. The third-order valence-corrected chi connectivity index (χ3v) is 4.31. The van der Waals surface area contributed by atoms with Crippen LogP contribution in [0.2, 0.25) is 0 Å². The lowest BCUT2D eigenvalue weighted by Gasteiger charge is -2.22. The van der Waals surface area contributed by atoms with E-state index in [2.05, 4.69) is 5.10 Å². The highest BCUT2D eigenvalue weighted by molar-refractivity contribution is 5.88. The van der Waals surface area contributed by atoms with E-state index in [1.165, 1.54) is 38.3 Å². The first kappa shape index (κ1) is 13.9. The van der Waals surface area contributed by atoms with Crippen LogP contribution in [0.15, 0.2) is 36.5 Å². The van der Waals surface area contributed by atoms with Crippen molar-refractivity contribution in [2.75, 3.05) is 0 Å². The summed E-state index contributed by atoms with van der Waals surface area (Å²) in [6.07, 6.45) is 8.49. The summed E-state index contributed by atoms with van der Waals surface area (Å²) in [7, 11) is 0. The lowest BCUT2D eigenvalue weighted by atomic mass is 9.85. The molecule has 1 aromatic carbocycles. The Morgan fingerprint density at radius 1 is 1.19 bits per heavy atom. The summed E-state index contributed by atoms with van der Waals surface area (Å²) in [5.41, 5.74) is 2.10. The van der Waals surface area contributed by atoms with Crippen LogP contribution in [0.5, 0.6) is 0 Å². The number of nitrogens with zero attached hydrogens (tertiary/aromatic N) is 2. The van der Waals surface area contributed by atoms with Crippen LogP contribution in [0.1, 0.15) is 48.2 Å². The maximum atomic E-state index is 11.5. The molecule has 0 amide bonds. The number of para-hydroxylation sites is 1. The number of hydrogen-bond donors (Lipinski definition) is 1. The lowest BCUT2D eigenvalue weighted by Crippen LogP contribution is -2.15. The minimum absolute atomic E-state index is 0.337. The third-order valence-electron chi connectivity index (χ3n) is 4.31. The van der Waals surface area contributed by atoms with E-state index in [0.29, 0.717) is 11.5 Å². The van der Waals surface area contributed by atoms with Crippen molar-refractivity contribution in [3.8, 4) is 5.69 Å². The molecule has 1 aromatic heterocycles. The SMILES string of the molecule is O=C(O)c1cnn(-c2ccccc2)c1CC1CCCCC1. The molecular formula is C17H20N2O2. The summed E-state index contributed by atoms with van der Waals surface area (Å²) in [6, 6.07) is 9.77. The van der Waals surface area contributed by atoms with Gasteiger partial charge >= 0.3 is 5.97 Å². The van der Waals surface area contributed by atoms with Crippen LogP contribution in [0.4, 0.5) is 0 Å². The van der Waals surface area contributed by atoms with Gasteiger partial charge in [0.05, 0.1) is 17.6 Å². The first-order valence-electron chi connectivity index (χ1n) is 7.61. The molecule has 2 aromatic rings. The number of benzene rings is 1. The van der Waals surface area contributed by atoms with Crippen molar-refractivity contribution in [3.05, 3.63) is 47.8 Å². The molecule has 110 valence electrons. The number of carboxylic acids is 1. The zero-order valence-corrected chi connectivity index (χ0v) is 12.0. The molecule has 0 spiro atoms. The summed E-state index contributed by atoms with van der Waals surface area (Å²) < 4.78 is 1.79. The van der Waals surface area contributed by atoms with E-state index in [4.69, 9.17) is 0 Å². The third kappa shape index (κ3) is 2.99. The molecule has 0 bridgehead atoms. The molecule has 1 aliphatic rings. The van der Waals surface area contributed by atoms with Crippen LogP contribution in [-0.2, 0) is 6.42 Å². The average molecular weight is 284 g/mol. The zero-order valence-electron chi connectivity index (χ0n) is 12.0. The van der Waals surface area contributed by atoms with Crippen molar-refractivity contribution in [1.29, 1.82) is 0 Å². The molecule has 1 aliphatic carbocycles. The van der Waals surface area contributed by atoms with Crippen molar-refractivity contribution in [2.24, 2.45) is 5.92 Å². The highest BCUT2D eigenvalue weighted by atomic mass is 16.4. The van der Waals surface area contributed by atoms with Crippen molar-refractivity contribution >= 4 is 5.97 Å². The summed E-state index contributed by atoms with van der Waals surface area (Å²) in [6.45, 7) is 0. The van der Waals surface area contributed by atoms with Gasteiger partial charge in [-0.25, -0.2) is 9.48 Å². The van der Waals surface area contributed by atoms with E-state index < -0.39 is 5.97 Å². The maximum absolute atomic E-state index is 11.5. The van der Waals surface area contributed by atoms with Gasteiger partial charge in [0.1, 0.15) is 5.56 Å². The molecular weight excluding hydrogens is 264 g/mol. The molecule has 1 saturated carbocycles. The highest BCUT2D eigenvalue weighted by Crippen LogP contribution is 2.28. The average Bonchev–Trinajstić information content (AvgIpc) is 2.93. The van der Waals surface area contributed by atoms with Crippen molar-refractivity contribution < 1.29 is 9.90 Å². The van der Waals surface area contributed by atoms with Crippen molar-refractivity contribution in [3.63, 3.8) is 0 Å². The molecule has 4 nitrogen and oxygen atoms in total. The standard InChI is InChI=1S/C17H20N2O2/c20-17(21)15-12-18-19(14-9-5-2-6-10-14)16(15)11-13-7-3-1-4-8-13/h2,5-6,9-10,12-13H,1,3-4,7-8,11H2,(H,20,21). The summed E-state index contributed by atoms with van der Waals surface area (Å²) in [4.78, 5) is 11.5. The van der Waals surface area contributed by atoms with E-state index in [1.807, 2.05) is 30.3 Å². The number of aromatic carboxylic acids is 1. The highest BCUT2D eigenvalue weighted by Gasteiger charge is 2.22. The van der Waals surface area contributed by atoms with Crippen LogP contribution >= 0.6 is 0 Å². The Kier molecular flexibility index (Phi) is 4.04. The Morgan fingerprint density at radius 2 is 1.90 bits per heavy atom. The van der Waals surface area contributed by atoms with Crippen LogP contribution in [0, 0.1) is 5.92 Å². The monoisotopic (exact) mass is 284 g/mol. The Hall–Kier alpha value is -2.10. The zero-order chi connectivity index (χ0) is 14.7. The van der Waals surface area contributed by atoms with E-state index >= 15 is 0 Å². The molecule has 0 saturated heterocycles. The Bertz CT molecular complexity index is 613. The van der Waals surface area contributed by atoms with Gasteiger partial charge in [-0.3, -0.25) is 0 Å². The summed E-state index contributed by atoms with van der Waals surface area (Å²) in [5, 5.41) is 13.7. The van der Waals surface area contributed by atoms with Crippen molar-refractivity contribution in [2.45, 2.75) is 38.5 Å². The van der Waals surface area contributed by atoms with Crippen molar-refractivity contribution in [1.82, 2.24) is 9.78 Å². The van der Waals surface area contributed by atoms with E-state index in [9.17, 15) is 9.90 Å². The Morgan fingerprint density at radius 3 is 2.57 bits per heavy atom. The number of rotatable bonds is 4. The fourth-order valence-electron chi connectivity index (χ4n) is 3.21. The van der Waals surface area contributed by atoms with Gasteiger partial charge in [0.15, 0.2) is 0 Å². The second-order valence-electron chi connectivity index (χ2n) is 5.77. The largest absolute Gasteiger partial charge is 0.478 e. The minimum atomic E-state index is -0.886. The van der Waals surface area contributed by atoms with Gasteiger partial charge in [-0.2, -0.15) is 5.10 Å². The number of aromatic nitrogens is 2. The normalized spacial score (nSPS) is 16.0. The Labute approximate surface area is 124 Å².